The van der Waals surface area contributed by atoms with Gasteiger partial charge in [-0.3, -0.25) is 14.9 Å². The van der Waals surface area contributed by atoms with Gasteiger partial charge in [0.25, 0.3) is 11.8 Å². The Morgan fingerprint density at radius 2 is 1.97 bits per heavy atom. The first kappa shape index (κ1) is 21.3. The molecule has 0 aliphatic carbocycles. The maximum Gasteiger partial charge on any atom is 0.339 e. The minimum absolute atomic E-state index is 0.126. The fourth-order valence-corrected chi connectivity index (χ4v) is 3.27. The zero-order chi connectivity index (χ0) is 22.0. The van der Waals surface area contributed by atoms with Gasteiger partial charge in [0.1, 0.15) is 23.2 Å². The van der Waals surface area contributed by atoms with Crippen LogP contribution in [0.15, 0.2) is 55.9 Å². The SMILES string of the molecule is CC1=C(C#N)C(=O)NC(=O)/C1=C\c1ccc(-c2ccc(Br)cc2C(=O)OC(C)C)o1. The molecule has 0 radical (unpaired) electrons. The number of hydrogen-bond donors (Lipinski definition) is 1. The van der Waals surface area contributed by atoms with E-state index in [0.29, 0.717) is 27.1 Å². The van der Waals surface area contributed by atoms with Crippen molar-refractivity contribution in [2.24, 2.45) is 0 Å². The van der Waals surface area contributed by atoms with Crippen molar-refractivity contribution in [1.29, 1.82) is 5.26 Å². The van der Waals surface area contributed by atoms with Crippen LogP contribution in [0.25, 0.3) is 17.4 Å². The highest BCUT2D eigenvalue weighted by Crippen LogP contribution is 2.31. The highest BCUT2D eigenvalue weighted by atomic mass is 79.9. The zero-order valence-electron chi connectivity index (χ0n) is 16.4. The van der Waals surface area contributed by atoms with Crippen LogP contribution >= 0.6 is 15.9 Å². The van der Waals surface area contributed by atoms with Gasteiger partial charge < -0.3 is 9.15 Å². The molecule has 2 heterocycles. The molecule has 0 fully saturated rings. The number of carbonyl (C=O) groups excluding carboxylic acids is 3. The van der Waals surface area contributed by atoms with Gasteiger partial charge in [-0.1, -0.05) is 15.9 Å². The molecule has 0 saturated carbocycles. The zero-order valence-corrected chi connectivity index (χ0v) is 18.0. The number of furan rings is 1. The molecular formula is C22H17BrN2O5. The van der Waals surface area contributed by atoms with Gasteiger partial charge in [-0.15, -0.1) is 0 Å². The summed E-state index contributed by atoms with van der Waals surface area (Å²) in [6, 6.07) is 10.2. The molecule has 30 heavy (non-hydrogen) atoms. The quantitative estimate of drug-likeness (QED) is 0.409. The number of amides is 2. The lowest BCUT2D eigenvalue weighted by molar-refractivity contribution is -0.126. The maximum absolute atomic E-state index is 12.5. The van der Waals surface area contributed by atoms with Crippen LogP contribution in [-0.2, 0) is 14.3 Å². The summed E-state index contributed by atoms with van der Waals surface area (Å²) >= 11 is 3.35. The molecule has 0 saturated heterocycles. The van der Waals surface area contributed by atoms with Crippen LogP contribution in [0.3, 0.4) is 0 Å². The molecule has 3 rings (SSSR count). The summed E-state index contributed by atoms with van der Waals surface area (Å²) in [7, 11) is 0. The van der Waals surface area contributed by atoms with Crippen molar-refractivity contribution in [2.75, 3.05) is 0 Å². The summed E-state index contributed by atoms with van der Waals surface area (Å²) in [5.74, 6) is -1.09. The first-order chi connectivity index (χ1) is 14.2. The predicted molar refractivity (Wildman–Crippen MR) is 112 cm³/mol. The Balaban J connectivity index is 2.02. The van der Waals surface area contributed by atoms with Crippen molar-refractivity contribution in [3.63, 3.8) is 0 Å². The first-order valence-corrected chi connectivity index (χ1v) is 9.80. The molecular weight excluding hydrogens is 452 g/mol. The molecule has 1 N–H and O–H groups in total. The molecule has 7 nitrogen and oxygen atoms in total. The van der Waals surface area contributed by atoms with Crippen molar-refractivity contribution in [2.45, 2.75) is 26.9 Å². The number of esters is 1. The molecule has 2 aromatic rings. The number of nitrogens with one attached hydrogen (secondary N) is 1. The average molecular weight is 469 g/mol. The normalized spacial score (nSPS) is 15.4. The summed E-state index contributed by atoms with van der Waals surface area (Å²) in [5, 5.41) is 11.3. The molecule has 1 aliphatic rings. The van der Waals surface area contributed by atoms with Gasteiger partial charge in [-0.05, 0) is 62.8 Å². The Morgan fingerprint density at radius 3 is 2.63 bits per heavy atom. The van der Waals surface area contributed by atoms with Crippen LogP contribution in [-0.4, -0.2) is 23.9 Å². The van der Waals surface area contributed by atoms with E-state index in [9.17, 15) is 14.4 Å². The first-order valence-electron chi connectivity index (χ1n) is 9.00. The van der Waals surface area contributed by atoms with E-state index in [1.807, 2.05) is 0 Å². The second kappa shape index (κ2) is 8.51. The minimum atomic E-state index is -0.722. The number of ether oxygens (including phenoxy) is 1. The molecule has 2 amide bonds. The second-order valence-electron chi connectivity index (χ2n) is 6.80. The second-order valence-corrected chi connectivity index (χ2v) is 7.71. The van der Waals surface area contributed by atoms with Gasteiger partial charge in [0.2, 0.25) is 0 Å². The highest BCUT2D eigenvalue weighted by Gasteiger charge is 2.28. The topological polar surface area (TPSA) is 109 Å². The van der Waals surface area contributed by atoms with E-state index >= 15 is 0 Å². The number of imide groups is 1. The smallest absolute Gasteiger partial charge is 0.339 e. The number of rotatable bonds is 4. The van der Waals surface area contributed by atoms with Crippen molar-refractivity contribution in [3.05, 3.63) is 62.8 Å². The largest absolute Gasteiger partial charge is 0.459 e. The number of nitrogens with zero attached hydrogens (tertiary/aromatic N) is 1. The summed E-state index contributed by atoms with van der Waals surface area (Å²) in [5.41, 5.74) is 1.16. The van der Waals surface area contributed by atoms with Crippen molar-refractivity contribution >= 4 is 39.8 Å². The van der Waals surface area contributed by atoms with Crippen LogP contribution in [0.4, 0.5) is 0 Å². The van der Waals surface area contributed by atoms with E-state index in [4.69, 9.17) is 14.4 Å². The number of halogens is 1. The lowest BCUT2D eigenvalue weighted by Crippen LogP contribution is -2.37. The monoisotopic (exact) mass is 468 g/mol. The lowest BCUT2D eigenvalue weighted by Gasteiger charge is -2.15. The fraction of sp³-hybridized carbons (Fsp3) is 0.182. The Hall–Kier alpha value is -3.44. The molecule has 1 aromatic carbocycles. The van der Waals surface area contributed by atoms with E-state index in [-0.39, 0.29) is 22.8 Å². The summed E-state index contributed by atoms with van der Waals surface area (Å²) in [6.07, 6.45) is 1.17. The fourth-order valence-electron chi connectivity index (χ4n) is 2.91. The van der Waals surface area contributed by atoms with E-state index in [0.717, 1.165) is 0 Å². The van der Waals surface area contributed by atoms with Crippen LogP contribution in [0.5, 0.6) is 0 Å². The summed E-state index contributed by atoms with van der Waals surface area (Å²) in [6.45, 7) is 5.05. The van der Waals surface area contributed by atoms with E-state index in [2.05, 4.69) is 21.2 Å². The molecule has 0 bridgehead atoms. The van der Waals surface area contributed by atoms with Gasteiger partial charge in [0, 0.05) is 15.6 Å². The molecule has 0 unspecified atom stereocenters. The van der Waals surface area contributed by atoms with Gasteiger partial charge in [-0.25, -0.2) is 4.79 Å². The molecule has 1 aliphatic heterocycles. The summed E-state index contributed by atoms with van der Waals surface area (Å²) in [4.78, 5) is 36.4. The highest BCUT2D eigenvalue weighted by molar-refractivity contribution is 9.10. The van der Waals surface area contributed by atoms with Crippen LogP contribution in [0.2, 0.25) is 0 Å². The Kier molecular flexibility index (Phi) is 6.04. The van der Waals surface area contributed by atoms with Crippen LogP contribution < -0.4 is 5.32 Å². The van der Waals surface area contributed by atoms with Crippen molar-refractivity contribution in [3.8, 4) is 17.4 Å². The Morgan fingerprint density at radius 1 is 1.23 bits per heavy atom. The van der Waals surface area contributed by atoms with Gasteiger partial charge in [0.15, 0.2) is 0 Å². The van der Waals surface area contributed by atoms with E-state index in [1.165, 1.54) is 13.0 Å². The van der Waals surface area contributed by atoms with Crippen LogP contribution in [0.1, 0.15) is 36.9 Å². The van der Waals surface area contributed by atoms with Gasteiger partial charge in [-0.2, -0.15) is 5.26 Å². The minimum Gasteiger partial charge on any atom is -0.459 e. The molecule has 152 valence electrons. The van der Waals surface area contributed by atoms with Crippen molar-refractivity contribution in [1.82, 2.24) is 5.32 Å². The lowest BCUT2D eigenvalue weighted by atomic mass is 9.96. The van der Waals surface area contributed by atoms with Crippen molar-refractivity contribution < 1.29 is 23.5 Å². The maximum atomic E-state index is 12.5. The third-order valence-electron chi connectivity index (χ3n) is 4.31. The summed E-state index contributed by atoms with van der Waals surface area (Å²) < 4.78 is 11.9. The number of benzene rings is 1. The number of hydrogen-bond acceptors (Lipinski definition) is 6. The number of nitriles is 1. The van der Waals surface area contributed by atoms with Gasteiger partial charge in [0.05, 0.1) is 11.7 Å². The van der Waals surface area contributed by atoms with E-state index < -0.39 is 17.8 Å². The standard InChI is InChI=1S/C22H17BrN2O5/c1-11(2)29-22(28)17-8-13(23)4-6-15(17)19-7-5-14(30-19)9-16-12(3)18(10-24)21(27)25-20(16)26/h4-9,11H,1-3H3,(H,25,26,27)/b16-9-. The van der Waals surface area contributed by atoms with Crippen LogP contribution in [0, 0.1) is 11.3 Å². The molecule has 0 spiro atoms. The molecule has 1 aromatic heterocycles. The van der Waals surface area contributed by atoms with E-state index in [1.54, 1.807) is 50.2 Å². The third kappa shape index (κ3) is 4.26. The molecule has 8 heteroatoms. The Labute approximate surface area is 181 Å². The predicted octanol–water partition coefficient (Wildman–Crippen LogP) is 4.15. The number of carbonyl (C=O) groups is 3. The Bertz CT molecular complexity index is 1160. The third-order valence-corrected chi connectivity index (χ3v) is 4.81. The average Bonchev–Trinajstić information content (AvgIpc) is 3.13. The molecule has 0 atom stereocenters. The van der Waals surface area contributed by atoms with Gasteiger partial charge >= 0.3 is 5.97 Å².